The number of imidazole rings is 1. The summed E-state index contributed by atoms with van der Waals surface area (Å²) in [7, 11) is -3.22. The summed E-state index contributed by atoms with van der Waals surface area (Å²) < 4.78 is 54.2. The molecule has 0 spiro atoms. The van der Waals surface area contributed by atoms with Gasteiger partial charge in [-0.15, -0.1) is 0 Å². The van der Waals surface area contributed by atoms with Crippen molar-refractivity contribution in [2.75, 3.05) is 25.1 Å². The number of aromatic nitrogens is 7. The zero-order chi connectivity index (χ0) is 30.4. The molecule has 13 heteroatoms. The van der Waals surface area contributed by atoms with Crippen molar-refractivity contribution in [2.45, 2.75) is 25.8 Å². The fourth-order valence-corrected chi connectivity index (χ4v) is 6.35. The molecular formula is C31H28F2N8O2S. The highest BCUT2D eigenvalue weighted by Crippen LogP contribution is 2.34. The summed E-state index contributed by atoms with van der Waals surface area (Å²) in [6.45, 7) is 2.83. The molecule has 0 saturated carbocycles. The number of aryl methyl sites for hydroxylation is 1. The van der Waals surface area contributed by atoms with Gasteiger partial charge in [-0.25, -0.2) is 22.2 Å². The van der Waals surface area contributed by atoms with Crippen molar-refractivity contribution in [3.8, 4) is 34.0 Å². The average Bonchev–Trinajstić information content (AvgIpc) is 3.75. The Morgan fingerprint density at radius 1 is 0.909 bits per heavy atom. The van der Waals surface area contributed by atoms with Crippen LogP contribution in [0.5, 0.6) is 0 Å². The van der Waals surface area contributed by atoms with Crippen LogP contribution in [-0.2, 0) is 22.8 Å². The molecule has 1 aliphatic rings. The minimum atomic E-state index is -3.22. The second-order valence-electron chi connectivity index (χ2n) is 11.2. The number of nitrogens with one attached hydrogen (secondary N) is 2. The van der Waals surface area contributed by atoms with Crippen molar-refractivity contribution in [3.63, 3.8) is 0 Å². The van der Waals surface area contributed by atoms with Gasteiger partial charge in [-0.3, -0.25) is 25.0 Å². The van der Waals surface area contributed by atoms with E-state index in [1.54, 1.807) is 30.7 Å². The quantitative estimate of drug-likeness (QED) is 0.242. The second kappa shape index (κ2) is 11.1. The van der Waals surface area contributed by atoms with Crippen molar-refractivity contribution >= 4 is 31.8 Å². The third-order valence-electron chi connectivity index (χ3n) is 7.84. The summed E-state index contributed by atoms with van der Waals surface area (Å²) in [4.78, 5) is 23.5. The molecule has 2 N–H and O–H groups in total. The summed E-state index contributed by atoms with van der Waals surface area (Å²) in [5.74, 6) is -0.870. The van der Waals surface area contributed by atoms with Crippen LogP contribution in [0.2, 0.25) is 0 Å². The number of pyridine rings is 3. The molecule has 224 valence electrons. The Morgan fingerprint density at radius 2 is 1.73 bits per heavy atom. The summed E-state index contributed by atoms with van der Waals surface area (Å²) in [6, 6.07) is 7.98. The zero-order valence-corrected chi connectivity index (χ0v) is 24.6. The highest BCUT2D eigenvalue weighted by atomic mass is 32.2. The Balaban J connectivity index is 1.27. The van der Waals surface area contributed by atoms with E-state index in [9.17, 15) is 12.8 Å². The van der Waals surface area contributed by atoms with E-state index >= 15 is 4.39 Å². The van der Waals surface area contributed by atoms with Gasteiger partial charge in [0, 0.05) is 42.5 Å². The molecule has 0 aliphatic carbocycles. The molecule has 1 fully saturated rings. The predicted molar refractivity (Wildman–Crippen MR) is 163 cm³/mol. The standard InChI is InChI=1S/C31H28F2N8O2S/c1-44(42,43)9-5-18-10-20(13-22(32)12-18)28-29-23(4-6-35-28)37-31(38-29)30-25-24(39-40-30)16-36-27(26(25)33)21-11-19(14-34-15-21)17-41-7-2-3-8-41/h4,6,10-16H,2-3,5,7-9,17H2,1H3,(H,37,38)(H,39,40). The van der Waals surface area contributed by atoms with E-state index in [2.05, 4.69) is 35.0 Å². The molecule has 0 radical (unpaired) electrons. The lowest BCUT2D eigenvalue weighted by molar-refractivity contribution is 0.331. The van der Waals surface area contributed by atoms with Crippen LogP contribution in [0.1, 0.15) is 24.0 Å². The molecule has 5 aromatic heterocycles. The first kappa shape index (κ1) is 28.2. The van der Waals surface area contributed by atoms with Gasteiger partial charge in [0.05, 0.1) is 34.1 Å². The monoisotopic (exact) mass is 614 g/mol. The maximum atomic E-state index is 16.2. The van der Waals surface area contributed by atoms with E-state index in [-0.39, 0.29) is 28.9 Å². The highest BCUT2D eigenvalue weighted by Gasteiger charge is 2.22. The van der Waals surface area contributed by atoms with Crippen molar-refractivity contribution < 1.29 is 17.2 Å². The molecule has 1 aliphatic heterocycles. The van der Waals surface area contributed by atoms with Crippen LogP contribution < -0.4 is 0 Å². The molecule has 6 aromatic rings. The molecule has 10 nitrogen and oxygen atoms in total. The maximum absolute atomic E-state index is 16.2. The van der Waals surface area contributed by atoms with Crippen molar-refractivity contribution in [3.05, 3.63) is 77.9 Å². The molecule has 0 atom stereocenters. The van der Waals surface area contributed by atoms with Crippen LogP contribution in [0.3, 0.4) is 0 Å². The Labute approximate surface area is 251 Å². The number of hydrogen-bond donors (Lipinski definition) is 2. The summed E-state index contributed by atoms with van der Waals surface area (Å²) in [5, 5.41) is 7.43. The predicted octanol–water partition coefficient (Wildman–Crippen LogP) is 5.09. The first-order valence-corrected chi connectivity index (χ1v) is 16.3. The lowest BCUT2D eigenvalue weighted by atomic mass is 10.0. The molecular weight excluding hydrogens is 586 g/mol. The first-order valence-electron chi connectivity index (χ1n) is 14.2. The lowest BCUT2D eigenvalue weighted by Gasteiger charge is -2.14. The molecule has 1 aromatic carbocycles. The number of rotatable bonds is 8. The summed E-state index contributed by atoms with van der Waals surface area (Å²) in [5.41, 5.74) is 4.80. The van der Waals surface area contributed by atoms with Gasteiger partial charge in [-0.05, 0) is 73.8 Å². The number of nitrogens with zero attached hydrogens (tertiary/aromatic N) is 6. The van der Waals surface area contributed by atoms with Crippen molar-refractivity contribution in [1.29, 1.82) is 0 Å². The van der Waals surface area contributed by atoms with Gasteiger partial charge >= 0.3 is 0 Å². The average molecular weight is 615 g/mol. The molecule has 7 rings (SSSR count). The third kappa shape index (κ3) is 5.55. The van der Waals surface area contributed by atoms with Crippen LogP contribution in [-0.4, -0.2) is 73.5 Å². The number of sulfone groups is 1. The van der Waals surface area contributed by atoms with Gasteiger partial charge in [-0.2, -0.15) is 5.10 Å². The van der Waals surface area contributed by atoms with E-state index in [4.69, 9.17) is 4.98 Å². The van der Waals surface area contributed by atoms with Crippen LogP contribution in [0, 0.1) is 11.6 Å². The zero-order valence-electron chi connectivity index (χ0n) is 23.8. The third-order valence-corrected chi connectivity index (χ3v) is 8.78. The molecule has 44 heavy (non-hydrogen) atoms. The fraction of sp³-hybridized carbons (Fsp3) is 0.258. The SMILES string of the molecule is CS(=O)(=O)CCc1cc(F)cc(-c2nccc3[nH]c(-c4n[nH]c5cnc(-c6cncc(CN7CCCC7)c6)c(F)c45)nc23)c1. The maximum Gasteiger partial charge on any atom is 0.161 e. The highest BCUT2D eigenvalue weighted by molar-refractivity contribution is 7.90. The number of hydrogen-bond acceptors (Lipinski definition) is 8. The number of H-pyrrole nitrogens is 2. The molecule has 1 saturated heterocycles. The van der Waals surface area contributed by atoms with Crippen LogP contribution >= 0.6 is 0 Å². The second-order valence-corrected chi connectivity index (χ2v) is 13.5. The Hall–Kier alpha value is -4.62. The Morgan fingerprint density at radius 3 is 2.55 bits per heavy atom. The number of likely N-dealkylation sites (tertiary alicyclic amines) is 1. The molecule has 0 bridgehead atoms. The lowest BCUT2D eigenvalue weighted by Crippen LogP contribution is -2.18. The molecule has 0 unspecified atom stereocenters. The normalized spacial score (nSPS) is 14.2. The van der Waals surface area contributed by atoms with E-state index < -0.39 is 21.5 Å². The summed E-state index contributed by atoms with van der Waals surface area (Å²) in [6.07, 6.45) is 10.2. The minimum absolute atomic E-state index is 0.104. The topological polar surface area (TPSA) is 133 Å². The van der Waals surface area contributed by atoms with Gasteiger partial charge < -0.3 is 4.98 Å². The van der Waals surface area contributed by atoms with E-state index in [0.717, 1.165) is 31.5 Å². The van der Waals surface area contributed by atoms with Crippen molar-refractivity contribution in [1.82, 2.24) is 40.0 Å². The van der Waals surface area contributed by atoms with Crippen molar-refractivity contribution in [2.24, 2.45) is 0 Å². The number of halogens is 2. The van der Waals surface area contributed by atoms with Gasteiger partial charge in [0.2, 0.25) is 0 Å². The minimum Gasteiger partial charge on any atom is -0.336 e. The van der Waals surface area contributed by atoms with Crippen LogP contribution in [0.15, 0.2) is 55.1 Å². The van der Waals surface area contributed by atoms with Gasteiger partial charge in [0.1, 0.15) is 32.6 Å². The van der Waals surface area contributed by atoms with Crippen LogP contribution in [0.4, 0.5) is 8.78 Å². The fourth-order valence-electron chi connectivity index (χ4n) is 5.74. The number of fused-ring (bicyclic) bond motifs is 2. The van der Waals surface area contributed by atoms with E-state index in [0.29, 0.717) is 44.8 Å². The number of benzene rings is 1. The molecule has 0 amide bonds. The van der Waals surface area contributed by atoms with Gasteiger partial charge in [0.15, 0.2) is 11.6 Å². The Kier molecular flexibility index (Phi) is 7.13. The van der Waals surface area contributed by atoms with Gasteiger partial charge in [-0.1, -0.05) is 0 Å². The molecule has 6 heterocycles. The summed E-state index contributed by atoms with van der Waals surface area (Å²) >= 11 is 0. The van der Waals surface area contributed by atoms with Crippen LogP contribution in [0.25, 0.3) is 56.0 Å². The van der Waals surface area contributed by atoms with E-state index in [1.807, 2.05) is 6.07 Å². The van der Waals surface area contributed by atoms with Gasteiger partial charge in [0.25, 0.3) is 0 Å². The largest absolute Gasteiger partial charge is 0.336 e. The number of aromatic amines is 2. The Bertz CT molecular complexity index is 2140. The smallest absolute Gasteiger partial charge is 0.161 e. The first-order chi connectivity index (χ1) is 21.2. The van der Waals surface area contributed by atoms with E-state index in [1.165, 1.54) is 31.2 Å².